The van der Waals surface area contributed by atoms with Gasteiger partial charge in [-0.2, -0.15) is 5.26 Å². The highest BCUT2D eigenvalue weighted by molar-refractivity contribution is 5.14. The van der Waals surface area contributed by atoms with Gasteiger partial charge in [0.2, 0.25) is 0 Å². The van der Waals surface area contributed by atoms with E-state index in [1.807, 2.05) is 0 Å². The van der Waals surface area contributed by atoms with Crippen LogP contribution < -0.4 is 0 Å². The van der Waals surface area contributed by atoms with Crippen LogP contribution in [0.2, 0.25) is 0 Å². The van der Waals surface area contributed by atoms with E-state index in [0.717, 1.165) is 12.3 Å². The molecule has 3 fully saturated rings. The molecule has 0 aromatic carbocycles. The molecule has 2 saturated carbocycles. The molecule has 0 aromatic rings. The lowest BCUT2D eigenvalue weighted by Crippen LogP contribution is -2.15. The summed E-state index contributed by atoms with van der Waals surface area (Å²) in [6, 6.07) is 2.37. The van der Waals surface area contributed by atoms with Crippen molar-refractivity contribution in [2.75, 3.05) is 0 Å². The summed E-state index contributed by atoms with van der Waals surface area (Å²) >= 11 is 0. The molecule has 5 atom stereocenters. The number of nitrogens with zero attached hydrogens (tertiary/aromatic N) is 1. The standard InChI is InChI=1S/C8H9NO/c9-3-5-1-4-2-6(5)8-7(4)10-8/h4-8H,1-2H2/t4-,5-,6+,7-,8-/m1/s1. The average Bonchev–Trinajstić information content (AvgIpc) is 2.58. The van der Waals surface area contributed by atoms with Gasteiger partial charge in [-0.3, -0.25) is 0 Å². The van der Waals surface area contributed by atoms with Crippen LogP contribution in [-0.4, -0.2) is 12.2 Å². The Morgan fingerprint density at radius 1 is 1.30 bits per heavy atom. The van der Waals surface area contributed by atoms with Crippen molar-refractivity contribution in [1.82, 2.24) is 0 Å². The van der Waals surface area contributed by atoms with E-state index in [4.69, 9.17) is 10.00 Å². The third-order valence-corrected chi connectivity index (χ3v) is 3.26. The third-order valence-electron chi connectivity index (χ3n) is 3.26. The quantitative estimate of drug-likeness (QED) is 0.463. The van der Waals surface area contributed by atoms with Gasteiger partial charge in [0.05, 0.1) is 24.2 Å². The number of ether oxygens (including phenoxy) is 1. The molecular weight excluding hydrogens is 126 g/mol. The lowest BCUT2D eigenvalue weighted by Gasteiger charge is -2.09. The number of hydrogen-bond donors (Lipinski definition) is 0. The zero-order valence-corrected chi connectivity index (χ0v) is 5.66. The van der Waals surface area contributed by atoms with Crippen LogP contribution in [-0.2, 0) is 4.74 Å². The van der Waals surface area contributed by atoms with Gasteiger partial charge in [0, 0.05) is 5.92 Å². The molecule has 0 aromatic heterocycles. The van der Waals surface area contributed by atoms with Gasteiger partial charge in [0.25, 0.3) is 0 Å². The van der Waals surface area contributed by atoms with Crippen molar-refractivity contribution in [2.24, 2.45) is 17.8 Å². The van der Waals surface area contributed by atoms with Gasteiger partial charge in [-0.1, -0.05) is 0 Å². The molecule has 0 unspecified atom stereocenters. The maximum Gasteiger partial charge on any atom is 0.0885 e. The minimum Gasteiger partial charge on any atom is -0.369 e. The summed E-state index contributed by atoms with van der Waals surface area (Å²) in [5, 5.41) is 8.72. The fourth-order valence-electron chi connectivity index (χ4n) is 2.75. The van der Waals surface area contributed by atoms with E-state index in [-0.39, 0.29) is 0 Å². The van der Waals surface area contributed by atoms with Gasteiger partial charge in [-0.05, 0) is 18.8 Å². The molecule has 3 aliphatic rings. The molecule has 0 N–H and O–H groups in total. The number of fused-ring (bicyclic) bond motifs is 5. The second-order valence-corrected chi connectivity index (χ2v) is 3.70. The third kappa shape index (κ3) is 0.411. The molecule has 3 rings (SSSR count). The number of epoxide rings is 1. The summed E-state index contributed by atoms with van der Waals surface area (Å²) in [6.07, 6.45) is 3.47. The molecule has 2 aliphatic carbocycles. The minimum atomic E-state index is 0.328. The fourth-order valence-corrected chi connectivity index (χ4v) is 2.75. The zero-order valence-electron chi connectivity index (χ0n) is 5.66. The lowest BCUT2D eigenvalue weighted by molar-refractivity contribution is 0.259. The minimum absolute atomic E-state index is 0.328. The van der Waals surface area contributed by atoms with Crippen LogP contribution in [0.3, 0.4) is 0 Å². The molecule has 0 spiro atoms. The van der Waals surface area contributed by atoms with Crippen molar-refractivity contribution in [3.63, 3.8) is 0 Å². The second-order valence-electron chi connectivity index (χ2n) is 3.70. The van der Waals surface area contributed by atoms with Crippen molar-refractivity contribution < 1.29 is 4.74 Å². The van der Waals surface area contributed by atoms with E-state index in [0.29, 0.717) is 24.0 Å². The van der Waals surface area contributed by atoms with E-state index in [9.17, 15) is 0 Å². The van der Waals surface area contributed by atoms with Gasteiger partial charge in [-0.15, -0.1) is 0 Å². The maximum absolute atomic E-state index is 8.72. The Kier molecular flexibility index (Phi) is 0.709. The van der Waals surface area contributed by atoms with E-state index >= 15 is 0 Å². The van der Waals surface area contributed by atoms with E-state index < -0.39 is 0 Å². The van der Waals surface area contributed by atoms with Crippen LogP contribution in [0.15, 0.2) is 0 Å². The van der Waals surface area contributed by atoms with Crippen LogP contribution in [0, 0.1) is 29.1 Å². The van der Waals surface area contributed by atoms with Gasteiger partial charge in [0.1, 0.15) is 0 Å². The van der Waals surface area contributed by atoms with Gasteiger partial charge in [-0.25, -0.2) is 0 Å². The highest BCUT2D eigenvalue weighted by Crippen LogP contribution is 2.58. The Bertz CT molecular complexity index is 220. The van der Waals surface area contributed by atoms with Crippen LogP contribution in [0.1, 0.15) is 12.8 Å². The SMILES string of the molecule is N#C[C@H]1C[C@@H]2C[C@@H]1[C@H]1O[C@H]21. The largest absolute Gasteiger partial charge is 0.369 e. The van der Waals surface area contributed by atoms with Crippen LogP contribution in [0.5, 0.6) is 0 Å². The fraction of sp³-hybridized carbons (Fsp3) is 0.875. The van der Waals surface area contributed by atoms with Gasteiger partial charge < -0.3 is 4.74 Å². The first-order chi connectivity index (χ1) is 4.90. The monoisotopic (exact) mass is 135 g/mol. The molecule has 1 aliphatic heterocycles. The van der Waals surface area contributed by atoms with E-state index in [1.165, 1.54) is 6.42 Å². The zero-order chi connectivity index (χ0) is 6.72. The summed E-state index contributed by atoms with van der Waals surface area (Å²) in [5.41, 5.74) is 0. The predicted molar refractivity (Wildman–Crippen MR) is 34.0 cm³/mol. The molecule has 10 heavy (non-hydrogen) atoms. The van der Waals surface area contributed by atoms with Gasteiger partial charge in [0.15, 0.2) is 0 Å². The first-order valence-corrected chi connectivity index (χ1v) is 3.95. The summed E-state index contributed by atoms with van der Waals surface area (Å²) in [4.78, 5) is 0. The van der Waals surface area contributed by atoms with Crippen molar-refractivity contribution in [3.05, 3.63) is 0 Å². The van der Waals surface area contributed by atoms with Crippen LogP contribution >= 0.6 is 0 Å². The summed E-state index contributed by atoms with van der Waals surface area (Å²) in [7, 11) is 0. The Balaban J connectivity index is 1.93. The molecule has 1 heterocycles. The predicted octanol–water partition coefficient (Wildman–Crippen LogP) is 0.933. The highest BCUT2D eigenvalue weighted by Gasteiger charge is 2.63. The van der Waals surface area contributed by atoms with Gasteiger partial charge >= 0.3 is 0 Å². The Morgan fingerprint density at radius 2 is 2.20 bits per heavy atom. The molecule has 0 amide bonds. The Morgan fingerprint density at radius 3 is 2.80 bits per heavy atom. The molecule has 52 valence electrons. The molecule has 0 radical (unpaired) electrons. The van der Waals surface area contributed by atoms with Crippen molar-refractivity contribution >= 4 is 0 Å². The normalized spacial score (nSPS) is 61.7. The summed E-state index contributed by atoms with van der Waals surface area (Å²) in [5.74, 6) is 1.69. The second kappa shape index (κ2) is 1.38. The first-order valence-electron chi connectivity index (χ1n) is 3.95. The van der Waals surface area contributed by atoms with E-state index in [2.05, 4.69) is 6.07 Å². The average molecular weight is 135 g/mol. The van der Waals surface area contributed by atoms with Crippen molar-refractivity contribution in [2.45, 2.75) is 25.0 Å². The first kappa shape index (κ1) is 5.15. The van der Waals surface area contributed by atoms with E-state index in [1.54, 1.807) is 0 Å². The molecule has 1 saturated heterocycles. The van der Waals surface area contributed by atoms with Crippen molar-refractivity contribution in [3.8, 4) is 6.07 Å². The summed E-state index contributed by atoms with van der Waals surface area (Å²) in [6.45, 7) is 0. The van der Waals surface area contributed by atoms with Crippen LogP contribution in [0.4, 0.5) is 0 Å². The highest BCUT2D eigenvalue weighted by atomic mass is 16.6. The Labute approximate surface area is 59.8 Å². The number of rotatable bonds is 0. The van der Waals surface area contributed by atoms with Crippen LogP contribution in [0.25, 0.3) is 0 Å². The smallest absolute Gasteiger partial charge is 0.0885 e. The molecule has 2 bridgehead atoms. The summed E-state index contributed by atoms with van der Waals surface area (Å²) < 4.78 is 5.42. The topological polar surface area (TPSA) is 36.3 Å². The number of nitriles is 1. The number of hydrogen-bond acceptors (Lipinski definition) is 2. The Hall–Kier alpha value is -0.550. The molecular formula is C8H9NO. The molecule has 2 nitrogen and oxygen atoms in total. The molecule has 2 heteroatoms. The maximum atomic E-state index is 8.72. The van der Waals surface area contributed by atoms with Crippen molar-refractivity contribution in [1.29, 1.82) is 5.26 Å². The lowest BCUT2D eigenvalue weighted by atomic mass is 9.90.